The number of nitrogens with two attached hydrogens (primary N) is 1. The number of ether oxygens (including phenoxy) is 1. The maximum atomic E-state index is 12.0. The Kier molecular flexibility index (Phi) is 3.32. The van der Waals surface area contributed by atoms with Crippen molar-refractivity contribution in [1.29, 1.82) is 0 Å². The van der Waals surface area contributed by atoms with Crippen molar-refractivity contribution in [2.75, 3.05) is 0 Å². The molecule has 5 heteroatoms. The van der Waals surface area contributed by atoms with Gasteiger partial charge < -0.3 is 10.5 Å². The second-order valence-corrected chi connectivity index (χ2v) is 5.64. The normalized spacial score (nSPS) is 13.5. The summed E-state index contributed by atoms with van der Waals surface area (Å²) in [4.78, 5) is 16.3. The molecule has 2 rings (SSSR count). The zero-order valence-electron chi connectivity index (χ0n) is 11.7. The molecule has 0 aliphatic carbocycles. The largest absolute Gasteiger partial charge is 0.443 e. The Morgan fingerprint density at radius 2 is 2.16 bits per heavy atom. The lowest BCUT2D eigenvalue weighted by Crippen LogP contribution is -2.26. The van der Waals surface area contributed by atoms with E-state index in [9.17, 15) is 4.79 Å². The van der Waals surface area contributed by atoms with Gasteiger partial charge in [0.25, 0.3) is 0 Å². The van der Waals surface area contributed by atoms with Gasteiger partial charge in [-0.3, -0.25) is 0 Å². The number of rotatable bonds is 1. The fourth-order valence-electron chi connectivity index (χ4n) is 1.75. The van der Waals surface area contributed by atoms with Crippen molar-refractivity contribution in [3.8, 4) is 0 Å². The second kappa shape index (κ2) is 4.66. The number of nitrogens with zero attached hydrogens (tertiary/aromatic N) is 2. The Hall–Kier alpha value is -1.88. The number of aromatic nitrogens is 2. The van der Waals surface area contributed by atoms with Crippen molar-refractivity contribution in [2.24, 2.45) is 5.73 Å². The maximum Gasteiger partial charge on any atom is 0.420 e. The third kappa shape index (κ3) is 2.93. The quantitative estimate of drug-likeness (QED) is 0.857. The highest BCUT2D eigenvalue weighted by molar-refractivity contribution is 5.87. The summed E-state index contributed by atoms with van der Waals surface area (Å²) in [7, 11) is 0. The zero-order chi connectivity index (χ0) is 14.2. The van der Waals surface area contributed by atoms with Gasteiger partial charge in [0.2, 0.25) is 0 Å². The minimum absolute atomic E-state index is 0.0817. The summed E-state index contributed by atoms with van der Waals surface area (Å²) in [6.07, 6.45) is 2.92. The molecule has 0 aromatic carbocycles. The molecule has 102 valence electrons. The van der Waals surface area contributed by atoms with Gasteiger partial charge in [-0.15, -0.1) is 0 Å². The van der Waals surface area contributed by atoms with E-state index in [1.165, 1.54) is 4.57 Å². The van der Waals surface area contributed by atoms with E-state index in [0.29, 0.717) is 5.65 Å². The van der Waals surface area contributed by atoms with Crippen LogP contribution in [0.4, 0.5) is 4.79 Å². The summed E-state index contributed by atoms with van der Waals surface area (Å²) in [6.45, 7) is 7.39. The van der Waals surface area contributed by atoms with Gasteiger partial charge in [0.1, 0.15) is 11.2 Å². The lowest BCUT2D eigenvalue weighted by Gasteiger charge is -2.19. The fourth-order valence-corrected chi connectivity index (χ4v) is 1.75. The molecule has 0 bridgehead atoms. The predicted octanol–water partition coefficient (Wildman–Crippen LogP) is 2.84. The van der Waals surface area contributed by atoms with E-state index in [0.717, 1.165) is 10.9 Å². The van der Waals surface area contributed by atoms with Crippen LogP contribution in [0.15, 0.2) is 24.5 Å². The molecule has 0 aliphatic heterocycles. The maximum absolute atomic E-state index is 12.0. The molecule has 0 saturated heterocycles. The standard InChI is InChI=1S/C14H19N3O2/c1-9(15)11-7-10-5-6-17(12(10)16-8-11)13(18)19-14(2,3)4/h5-9H,15H2,1-4H3/t9-/m0/s1. The number of carbonyl (C=O) groups excluding carboxylic acids is 1. The lowest BCUT2D eigenvalue weighted by atomic mass is 10.1. The number of hydrogen-bond donors (Lipinski definition) is 1. The van der Waals surface area contributed by atoms with Crippen LogP contribution in [-0.4, -0.2) is 21.2 Å². The van der Waals surface area contributed by atoms with E-state index in [2.05, 4.69) is 4.98 Å². The first kappa shape index (κ1) is 13.5. The van der Waals surface area contributed by atoms with Gasteiger partial charge in [-0.2, -0.15) is 0 Å². The predicted molar refractivity (Wildman–Crippen MR) is 74.0 cm³/mol. The first-order valence-corrected chi connectivity index (χ1v) is 6.24. The molecule has 0 spiro atoms. The van der Waals surface area contributed by atoms with Crippen LogP contribution in [0.3, 0.4) is 0 Å². The van der Waals surface area contributed by atoms with Crippen molar-refractivity contribution in [3.05, 3.63) is 30.1 Å². The molecule has 0 saturated carbocycles. The van der Waals surface area contributed by atoms with Crippen LogP contribution in [0.2, 0.25) is 0 Å². The van der Waals surface area contributed by atoms with Crippen LogP contribution in [0.5, 0.6) is 0 Å². The topological polar surface area (TPSA) is 70.1 Å². The summed E-state index contributed by atoms with van der Waals surface area (Å²) in [6, 6.07) is 3.69. The molecule has 1 atom stereocenters. The van der Waals surface area contributed by atoms with Gasteiger partial charge >= 0.3 is 6.09 Å². The van der Waals surface area contributed by atoms with Crippen molar-refractivity contribution in [1.82, 2.24) is 9.55 Å². The average Bonchev–Trinajstić information content (AvgIpc) is 2.68. The van der Waals surface area contributed by atoms with Crippen LogP contribution < -0.4 is 5.73 Å². The number of fused-ring (bicyclic) bond motifs is 1. The molecule has 0 aliphatic rings. The summed E-state index contributed by atoms with van der Waals surface area (Å²) < 4.78 is 6.74. The molecule has 5 nitrogen and oxygen atoms in total. The van der Waals surface area contributed by atoms with Crippen molar-refractivity contribution in [3.63, 3.8) is 0 Å². The first-order chi connectivity index (χ1) is 8.78. The lowest BCUT2D eigenvalue weighted by molar-refractivity contribution is 0.0543. The highest BCUT2D eigenvalue weighted by atomic mass is 16.6. The first-order valence-electron chi connectivity index (χ1n) is 6.24. The van der Waals surface area contributed by atoms with Crippen LogP contribution in [0, 0.1) is 0 Å². The van der Waals surface area contributed by atoms with Crippen molar-refractivity contribution < 1.29 is 9.53 Å². The molecule has 2 aromatic rings. The van der Waals surface area contributed by atoms with Crippen molar-refractivity contribution in [2.45, 2.75) is 39.3 Å². The molecule has 19 heavy (non-hydrogen) atoms. The Labute approximate surface area is 112 Å². The van der Waals surface area contributed by atoms with Crippen LogP contribution in [-0.2, 0) is 4.74 Å². The van der Waals surface area contributed by atoms with Gasteiger partial charge in [0, 0.05) is 23.8 Å². The van der Waals surface area contributed by atoms with Crippen LogP contribution in [0.1, 0.15) is 39.3 Å². The Bertz CT molecular complexity index is 609. The van der Waals surface area contributed by atoms with E-state index in [-0.39, 0.29) is 6.04 Å². The van der Waals surface area contributed by atoms with Crippen molar-refractivity contribution >= 4 is 17.1 Å². The van der Waals surface area contributed by atoms with Gasteiger partial charge in [-0.05, 0) is 45.4 Å². The SMILES string of the molecule is C[C@H](N)c1cnc2c(ccn2C(=O)OC(C)(C)C)c1. The molecule has 0 amide bonds. The number of hydrogen-bond acceptors (Lipinski definition) is 4. The molecular formula is C14H19N3O2. The number of carbonyl (C=O) groups is 1. The monoisotopic (exact) mass is 261 g/mol. The minimum Gasteiger partial charge on any atom is -0.443 e. The molecule has 2 N–H and O–H groups in total. The van der Waals surface area contributed by atoms with Crippen LogP contribution in [0.25, 0.3) is 11.0 Å². The molecule has 2 aromatic heterocycles. The minimum atomic E-state index is -0.528. The third-order valence-corrected chi connectivity index (χ3v) is 2.66. The smallest absolute Gasteiger partial charge is 0.420 e. The van der Waals surface area contributed by atoms with E-state index < -0.39 is 11.7 Å². The fraction of sp³-hybridized carbons (Fsp3) is 0.429. The van der Waals surface area contributed by atoms with E-state index >= 15 is 0 Å². The van der Waals surface area contributed by atoms with E-state index in [4.69, 9.17) is 10.5 Å². The average molecular weight is 261 g/mol. The highest BCUT2D eigenvalue weighted by Gasteiger charge is 2.19. The van der Waals surface area contributed by atoms with E-state index in [1.54, 1.807) is 12.4 Å². The molecule has 0 fully saturated rings. The number of pyridine rings is 1. The summed E-state index contributed by atoms with van der Waals surface area (Å²) in [5, 5.41) is 0.876. The summed E-state index contributed by atoms with van der Waals surface area (Å²) >= 11 is 0. The molecule has 0 radical (unpaired) electrons. The molecular weight excluding hydrogens is 242 g/mol. The zero-order valence-corrected chi connectivity index (χ0v) is 11.7. The van der Waals surface area contributed by atoms with Gasteiger partial charge in [-0.25, -0.2) is 14.3 Å². The van der Waals surface area contributed by atoms with E-state index in [1.807, 2.05) is 39.8 Å². The Morgan fingerprint density at radius 3 is 2.74 bits per heavy atom. The van der Waals surface area contributed by atoms with Gasteiger partial charge in [0.15, 0.2) is 0 Å². The molecule has 2 heterocycles. The highest BCUT2D eigenvalue weighted by Crippen LogP contribution is 2.19. The summed E-state index contributed by atoms with van der Waals surface area (Å²) in [5.74, 6) is 0. The third-order valence-electron chi connectivity index (χ3n) is 2.66. The summed E-state index contributed by atoms with van der Waals surface area (Å²) in [5.41, 5.74) is 6.81. The molecule has 0 unspecified atom stereocenters. The van der Waals surface area contributed by atoms with Gasteiger partial charge in [0.05, 0.1) is 0 Å². The van der Waals surface area contributed by atoms with Gasteiger partial charge in [-0.1, -0.05) is 0 Å². The van der Waals surface area contributed by atoms with Crippen LogP contribution >= 0.6 is 0 Å². The second-order valence-electron chi connectivity index (χ2n) is 5.64. The Balaban J connectivity index is 2.38. The Morgan fingerprint density at radius 1 is 1.47 bits per heavy atom.